The summed E-state index contributed by atoms with van der Waals surface area (Å²) in [4.78, 5) is 2.31. The topological polar surface area (TPSA) is 36.5 Å². The van der Waals surface area contributed by atoms with Crippen molar-refractivity contribution in [1.29, 1.82) is 0 Å². The number of ether oxygens (including phenoxy) is 1. The molecule has 1 saturated heterocycles. The molecule has 2 unspecified atom stereocenters. The molecule has 10 heteroatoms. The van der Waals surface area contributed by atoms with Gasteiger partial charge < -0.3 is 20.3 Å². The molecule has 4 rings (SSSR count). The third-order valence-electron chi connectivity index (χ3n) is 6.55. The number of alkyl halides is 4. The number of hydrogen-bond donors (Lipinski definition) is 2. The minimum Gasteiger partial charge on any atom is -0.495 e. The lowest BCUT2D eigenvalue weighted by Gasteiger charge is -2.33. The molecule has 0 amide bonds. The van der Waals surface area contributed by atoms with Gasteiger partial charge in [-0.1, -0.05) is 38.0 Å². The van der Waals surface area contributed by atoms with Gasteiger partial charge in [0.25, 0.3) is 0 Å². The van der Waals surface area contributed by atoms with E-state index in [1.54, 1.807) is 25.3 Å². The first-order valence-corrected chi connectivity index (χ1v) is 15.4. The second-order valence-corrected chi connectivity index (χ2v) is 13.0. The van der Waals surface area contributed by atoms with Gasteiger partial charge in [0.2, 0.25) is 0 Å². The van der Waals surface area contributed by atoms with Gasteiger partial charge in [-0.15, -0.1) is 11.3 Å². The molecule has 3 aromatic rings. The summed E-state index contributed by atoms with van der Waals surface area (Å²) in [5, 5.41) is 8.19. The van der Waals surface area contributed by atoms with Gasteiger partial charge in [-0.3, -0.25) is 0 Å². The van der Waals surface area contributed by atoms with Crippen LogP contribution in [0.15, 0.2) is 36.4 Å². The number of anilines is 2. The molecule has 0 radical (unpaired) electrons. The lowest BCUT2D eigenvalue weighted by Crippen LogP contribution is -2.46. The summed E-state index contributed by atoms with van der Waals surface area (Å²) < 4.78 is 61.4. The molecular formula is C28H32F4N3OPS. The Morgan fingerprint density at radius 1 is 1.18 bits per heavy atom. The second kappa shape index (κ2) is 12.1. The maximum Gasteiger partial charge on any atom is 0.393 e. The van der Waals surface area contributed by atoms with Gasteiger partial charge in [0.05, 0.1) is 47.1 Å². The van der Waals surface area contributed by atoms with Crippen molar-refractivity contribution in [2.45, 2.75) is 31.2 Å². The highest BCUT2D eigenvalue weighted by Gasteiger charge is 2.32. The Kier molecular flexibility index (Phi) is 9.07. The zero-order valence-electron chi connectivity index (χ0n) is 21.9. The third kappa shape index (κ3) is 6.91. The minimum atomic E-state index is -4.38. The summed E-state index contributed by atoms with van der Waals surface area (Å²) in [6.45, 7) is 5.65. The van der Waals surface area contributed by atoms with E-state index in [0.717, 1.165) is 12.2 Å². The first kappa shape index (κ1) is 28.5. The number of hydrogen-bond acceptors (Lipinski definition) is 5. The Morgan fingerprint density at radius 2 is 1.97 bits per heavy atom. The fourth-order valence-electron chi connectivity index (χ4n) is 4.55. The van der Waals surface area contributed by atoms with E-state index in [9.17, 15) is 17.6 Å². The van der Waals surface area contributed by atoms with E-state index in [1.165, 1.54) is 16.6 Å². The molecule has 2 N–H and O–H groups in total. The van der Waals surface area contributed by atoms with E-state index in [4.69, 9.17) is 4.74 Å². The van der Waals surface area contributed by atoms with Crippen molar-refractivity contribution in [2.75, 3.05) is 57.8 Å². The highest BCUT2D eigenvalue weighted by Crippen LogP contribution is 2.39. The number of nitrogens with one attached hydrogen (secondary N) is 2. The molecule has 0 bridgehead atoms. The Labute approximate surface area is 226 Å². The lowest BCUT2D eigenvalue weighted by atomic mass is 10.0. The first-order valence-electron chi connectivity index (χ1n) is 12.3. The van der Waals surface area contributed by atoms with Crippen LogP contribution >= 0.6 is 19.3 Å². The van der Waals surface area contributed by atoms with Crippen LogP contribution in [0.4, 0.5) is 28.9 Å². The summed E-state index contributed by atoms with van der Waals surface area (Å²) in [6, 6.07) is 10.8. The van der Waals surface area contributed by atoms with Crippen LogP contribution < -0.4 is 20.7 Å². The predicted octanol–water partition coefficient (Wildman–Crippen LogP) is 6.30. The Balaban J connectivity index is 1.60. The Bertz CT molecular complexity index is 1330. The van der Waals surface area contributed by atoms with Crippen LogP contribution in [-0.4, -0.2) is 70.4 Å². The molecule has 1 fully saturated rings. The van der Waals surface area contributed by atoms with Crippen molar-refractivity contribution in [1.82, 2.24) is 4.90 Å². The van der Waals surface area contributed by atoms with Crippen LogP contribution in [0.25, 0.3) is 10.1 Å². The Hall–Kier alpha value is -2.53. The molecule has 2 aromatic carbocycles. The van der Waals surface area contributed by atoms with Crippen LogP contribution in [-0.2, 0) is 6.42 Å². The maximum atomic E-state index is 14.7. The molecule has 2 atom stereocenters. The first-order chi connectivity index (χ1) is 18.1. The zero-order chi connectivity index (χ0) is 27.4. The zero-order valence-corrected chi connectivity index (χ0v) is 23.6. The van der Waals surface area contributed by atoms with Gasteiger partial charge in [0.15, 0.2) is 0 Å². The number of rotatable bonds is 7. The van der Waals surface area contributed by atoms with E-state index >= 15 is 0 Å². The quantitative estimate of drug-likeness (QED) is 0.200. The fraction of sp³-hybridized carbons (Fsp3) is 0.429. The lowest BCUT2D eigenvalue weighted by molar-refractivity contribution is -0.126. The van der Waals surface area contributed by atoms with E-state index < -0.39 is 18.8 Å². The standard InChI is InChI=1S/C28H32F4N3OPS/c1-35-14-12-22(21(29)17-35)34-24-8-5-7-19-20(16-28(30,31)32)26(38-27(19)24)9-6-13-33-23-11-10-18(37(3)4)15-25(23)36-2/h5,7-8,10-11,15,21-22,33-34H,12-14,16-17H2,1-4H3. The van der Waals surface area contributed by atoms with Crippen LogP contribution in [0.2, 0.25) is 0 Å². The number of fused-ring (bicyclic) bond motifs is 1. The van der Waals surface area contributed by atoms with Crippen molar-refractivity contribution in [2.24, 2.45) is 0 Å². The van der Waals surface area contributed by atoms with Crippen molar-refractivity contribution in [3.05, 3.63) is 46.8 Å². The highest BCUT2D eigenvalue weighted by atomic mass is 32.1. The number of methoxy groups -OCH3 is 1. The smallest absolute Gasteiger partial charge is 0.393 e. The highest BCUT2D eigenvalue weighted by molar-refractivity contribution is 7.64. The number of thiophene rings is 1. The summed E-state index contributed by atoms with van der Waals surface area (Å²) in [5.41, 5.74) is 1.59. The SMILES string of the molecule is COc1cc(P(C)C)ccc1NCC#Cc1sc2c(NC3CCN(C)CC3F)cccc2c1CC(F)(F)F. The maximum absolute atomic E-state index is 14.7. The van der Waals surface area contributed by atoms with Gasteiger partial charge in [-0.05, 0) is 61.3 Å². The van der Waals surface area contributed by atoms with Gasteiger partial charge >= 0.3 is 6.18 Å². The van der Waals surface area contributed by atoms with Crippen molar-refractivity contribution >= 4 is 46.0 Å². The van der Waals surface area contributed by atoms with Crippen LogP contribution in [0.5, 0.6) is 5.75 Å². The number of benzene rings is 2. The summed E-state index contributed by atoms with van der Waals surface area (Å²) >= 11 is 1.22. The summed E-state index contributed by atoms with van der Waals surface area (Å²) in [6.07, 6.45) is -5.88. The molecule has 4 nitrogen and oxygen atoms in total. The molecule has 38 heavy (non-hydrogen) atoms. The molecule has 1 aromatic heterocycles. The van der Waals surface area contributed by atoms with Gasteiger partial charge in [0.1, 0.15) is 11.9 Å². The monoisotopic (exact) mass is 565 g/mol. The van der Waals surface area contributed by atoms with Crippen LogP contribution in [0.3, 0.4) is 0 Å². The normalized spacial score (nSPS) is 18.3. The molecule has 1 aliphatic heterocycles. The molecular weight excluding hydrogens is 533 g/mol. The number of nitrogens with zero attached hydrogens (tertiary/aromatic N) is 1. The molecule has 204 valence electrons. The number of piperidine rings is 1. The largest absolute Gasteiger partial charge is 0.495 e. The molecule has 0 spiro atoms. The van der Waals surface area contributed by atoms with Gasteiger partial charge in [-0.25, -0.2) is 4.39 Å². The van der Waals surface area contributed by atoms with Crippen molar-refractivity contribution in [3.63, 3.8) is 0 Å². The minimum absolute atomic E-state index is 0.162. The molecule has 2 heterocycles. The van der Waals surface area contributed by atoms with E-state index in [1.807, 2.05) is 30.1 Å². The molecule has 1 aliphatic rings. The van der Waals surface area contributed by atoms with Crippen LogP contribution in [0, 0.1) is 11.8 Å². The van der Waals surface area contributed by atoms with Crippen molar-refractivity contribution < 1.29 is 22.3 Å². The summed E-state index contributed by atoms with van der Waals surface area (Å²) in [5.74, 6) is 6.66. The average Bonchev–Trinajstić information content (AvgIpc) is 3.20. The second-order valence-electron chi connectivity index (χ2n) is 9.64. The van der Waals surface area contributed by atoms with E-state index in [-0.39, 0.29) is 26.1 Å². The van der Waals surface area contributed by atoms with Crippen LogP contribution in [0.1, 0.15) is 16.9 Å². The van der Waals surface area contributed by atoms with Crippen molar-refractivity contribution in [3.8, 4) is 17.6 Å². The van der Waals surface area contributed by atoms with Gasteiger partial charge in [-0.2, -0.15) is 13.2 Å². The summed E-state index contributed by atoms with van der Waals surface area (Å²) in [7, 11) is 3.21. The van der Waals surface area contributed by atoms with E-state index in [0.29, 0.717) is 39.4 Å². The van der Waals surface area contributed by atoms with Gasteiger partial charge in [0, 0.05) is 13.1 Å². The Morgan fingerprint density at radius 3 is 2.66 bits per heavy atom. The number of likely N-dealkylation sites (tertiary alicyclic amines) is 1. The number of halogens is 4. The average molecular weight is 566 g/mol. The molecule has 0 saturated carbocycles. The van der Waals surface area contributed by atoms with E-state index in [2.05, 4.69) is 35.8 Å². The predicted molar refractivity (Wildman–Crippen MR) is 153 cm³/mol. The fourth-order valence-corrected chi connectivity index (χ4v) is 6.47. The molecule has 0 aliphatic carbocycles. The third-order valence-corrected chi connectivity index (χ3v) is 9.06.